The Hall–Kier alpha value is -2.15. The SMILES string of the molecule is C=C(C)CCC(=N)c1ccc(-c2cc(C)c(C)cc2C)c(C)c1. The molecule has 0 saturated carbocycles. The van der Waals surface area contributed by atoms with Crippen molar-refractivity contribution in [2.24, 2.45) is 0 Å². The van der Waals surface area contributed by atoms with E-state index in [1.165, 1.54) is 33.4 Å². The molecule has 0 saturated heterocycles. The summed E-state index contributed by atoms with van der Waals surface area (Å²) in [6, 6.07) is 10.9. The third kappa shape index (κ3) is 3.98. The van der Waals surface area contributed by atoms with Crippen molar-refractivity contribution in [3.8, 4) is 11.1 Å². The first kappa shape index (κ1) is 17.2. The van der Waals surface area contributed by atoms with E-state index in [4.69, 9.17) is 5.41 Å². The fourth-order valence-electron chi connectivity index (χ4n) is 2.89. The summed E-state index contributed by atoms with van der Waals surface area (Å²) in [7, 11) is 0. The predicted octanol–water partition coefficient (Wildman–Crippen LogP) is 6.31. The van der Waals surface area contributed by atoms with E-state index in [0.29, 0.717) is 5.71 Å². The molecular weight excluding hydrogens is 278 g/mol. The zero-order chi connectivity index (χ0) is 17.1. The summed E-state index contributed by atoms with van der Waals surface area (Å²) in [5.41, 5.74) is 10.6. The van der Waals surface area contributed by atoms with E-state index in [-0.39, 0.29) is 0 Å². The number of aryl methyl sites for hydroxylation is 4. The molecule has 0 aliphatic carbocycles. The van der Waals surface area contributed by atoms with Crippen molar-refractivity contribution in [2.75, 3.05) is 0 Å². The number of allylic oxidation sites excluding steroid dienone is 1. The van der Waals surface area contributed by atoms with Crippen molar-refractivity contribution in [3.05, 3.63) is 70.3 Å². The van der Waals surface area contributed by atoms with Crippen LogP contribution >= 0.6 is 0 Å². The Labute approximate surface area is 140 Å². The first-order chi connectivity index (χ1) is 10.8. The van der Waals surface area contributed by atoms with Crippen molar-refractivity contribution < 1.29 is 0 Å². The van der Waals surface area contributed by atoms with Gasteiger partial charge in [-0.25, -0.2) is 0 Å². The van der Waals surface area contributed by atoms with E-state index in [0.717, 1.165) is 24.0 Å². The Balaban J connectivity index is 2.35. The lowest BCUT2D eigenvalue weighted by molar-refractivity contribution is 1.01. The smallest absolute Gasteiger partial charge is 0.0389 e. The van der Waals surface area contributed by atoms with Gasteiger partial charge >= 0.3 is 0 Å². The molecule has 2 aromatic carbocycles. The third-order valence-electron chi connectivity index (χ3n) is 4.51. The minimum atomic E-state index is 0.694. The second-order valence-electron chi connectivity index (χ2n) is 6.72. The van der Waals surface area contributed by atoms with Gasteiger partial charge in [-0.05, 0) is 92.5 Å². The van der Waals surface area contributed by atoms with E-state index in [1.54, 1.807) is 0 Å². The lowest BCUT2D eigenvalue weighted by Crippen LogP contribution is -2.00. The van der Waals surface area contributed by atoms with Gasteiger partial charge in [0, 0.05) is 5.71 Å². The van der Waals surface area contributed by atoms with Crippen molar-refractivity contribution in [1.29, 1.82) is 5.41 Å². The Morgan fingerprint density at radius 3 is 2.04 bits per heavy atom. The summed E-state index contributed by atoms with van der Waals surface area (Å²) in [4.78, 5) is 0. The average molecular weight is 305 g/mol. The first-order valence-corrected chi connectivity index (χ1v) is 8.20. The second-order valence-corrected chi connectivity index (χ2v) is 6.72. The average Bonchev–Trinajstić information content (AvgIpc) is 2.48. The van der Waals surface area contributed by atoms with Crippen LogP contribution in [0.2, 0.25) is 0 Å². The molecule has 1 nitrogen and oxygen atoms in total. The molecule has 1 N–H and O–H groups in total. The van der Waals surface area contributed by atoms with E-state index in [2.05, 4.69) is 64.6 Å². The summed E-state index contributed by atoms with van der Waals surface area (Å²) in [6.45, 7) is 14.6. The highest BCUT2D eigenvalue weighted by atomic mass is 14.4. The minimum absolute atomic E-state index is 0.694. The molecule has 0 spiro atoms. The molecule has 0 fully saturated rings. The van der Waals surface area contributed by atoms with Crippen molar-refractivity contribution in [3.63, 3.8) is 0 Å². The normalized spacial score (nSPS) is 10.7. The highest BCUT2D eigenvalue weighted by Gasteiger charge is 2.10. The maximum absolute atomic E-state index is 8.26. The Bertz CT molecular complexity index is 766. The Kier molecular flexibility index (Phi) is 5.20. The van der Waals surface area contributed by atoms with Crippen LogP contribution in [0.1, 0.15) is 47.6 Å². The van der Waals surface area contributed by atoms with E-state index in [9.17, 15) is 0 Å². The van der Waals surface area contributed by atoms with Gasteiger partial charge in [0.1, 0.15) is 0 Å². The van der Waals surface area contributed by atoms with Gasteiger partial charge in [0.15, 0.2) is 0 Å². The molecule has 120 valence electrons. The quantitative estimate of drug-likeness (QED) is 0.494. The van der Waals surface area contributed by atoms with Crippen molar-refractivity contribution in [1.82, 2.24) is 0 Å². The zero-order valence-corrected chi connectivity index (χ0v) is 15.0. The third-order valence-corrected chi connectivity index (χ3v) is 4.51. The monoisotopic (exact) mass is 305 g/mol. The Morgan fingerprint density at radius 1 is 0.826 bits per heavy atom. The maximum atomic E-state index is 8.26. The lowest BCUT2D eigenvalue weighted by atomic mass is 9.91. The molecule has 0 aromatic heterocycles. The molecule has 23 heavy (non-hydrogen) atoms. The second kappa shape index (κ2) is 6.95. The van der Waals surface area contributed by atoms with Gasteiger partial charge in [-0.1, -0.05) is 29.8 Å². The summed E-state index contributed by atoms with van der Waals surface area (Å²) in [5.74, 6) is 0. The summed E-state index contributed by atoms with van der Waals surface area (Å²) in [6.07, 6.45) is 1.65. The van der Waals surface area contributed by atoms with Gasteiger partial charge in [0.05, 0.1) is 0 Å². The molecule has 1 heteroatoms. The van der Waals surface area contributed by atoms with Gasteiger partial charge in [-0.2, -0.15) is 0 Å². The van der Waals surface area contributed by atoms with Crippen LogP contribution in [0.15, 0.2) is 42.5 Å². The van der Waals surface area contributed by atoms with E-state index in [1.807, 2.05) is 6.92 Å². The lowest BCUT2D eigenvalue weighted by Gasteiger charge is -2.14. The molecule has 0 aliphatic rings. The number of benzene rings is 2. The summed E-state index contributed by atoms with van der Waals surface area (Å²) in [5, 5.41) is 8.26. The molecule has 2 rings (SSSR count). The zero-order valence-electron chi connectivity index (χ0n) is 15.0. The van der Waals surface area contributed by atoms with Crippen LogP contribution in [0.25, 0.3) is 11.1 Å². The standard InChI is InChI=1S/C22H27N/c1-14(2)7-10-22(23)19-8-9-20(18(6)12-19)21-13-16(4)15(3)11-17(21)5/h8-9,11-13,23H,1,7,10H2,2-6H3. The van der Waals surface area contributed by atoms with Crippen LogP contribution in [0.5, 0.6) is 0 Å². The molecular formula is C22H27N. The topological polar surface area (TPSA) is 23.9 Å². The van der Waals surface area contributed by atoms with Crippen molar-refractivity contribution >= 4 is 5.71 Å². The minimum Gasteiger partial charge on any atom is -0.305 e. The first-order valence-electron chi connectivity index (χ1n) is 8.20. The van der Waals surface area contributed by atoms with E-state index < -0.39 is 0 Å². The summed E-state index contributed by atoms with van der Waals surface area (Å²) >= 11 is 0. The van der Waals surface area contributed by atoms with Crippen molar-refractivity contribution in [2.45, 2.75) is 47.5 Å². The molecule has 0 bridgehead atoms. The largest absolute Gasteiger partial charge is 0.305 e. The van der Waals surface area contributed by atoms with Gasteiger partial charge in [0.2, 0.25) is 0 Å². The molecule has 0 amide bonds. The van der Waals surface area contributed by atoms with E-state index >= 15 is 0 Å². The van der Waals surface area contributed by atoms with Gasteiger partial charge < -0.3 is 5.41 Å². The number of hydrogen-bond donors (Lipinski definition) is 1. The van der Waals surface area contributed by atoms with Crippen LogP contribution in [0.3, 0.4) is 0 Å². The molecule has 0 atom stereocenters. The van der Waals surface area contributed by atoms with Gasteiger partial charge in [-0.15, -0.1) is 6.58 Å². The fraction of sp³-hybridized carbons (Fsp3) is 0.318. The highest BCUT2D eigenvalue weighted by molar-refractivity contribution is 5.99. The number of hydrogen-bond acceptors (Lipinski definition) is 1. The Morgan fingerprint density at radius 2 is 1.43 bits per heavy atom. The van der Waals surface area contributed by atoms with Crippen LogP contribution in [0.4, 0.5) is 0 Å². The van der Waals surface area contributed by atoms with Gasteiger partial charge in [-0.3, -0.25) is 0 Å². The molecule has 0 aliphatic heterocycles. The van der Waals surface area contributed by atoms with Crippen LogP contribution in [-0.2, 0) is 0 Å². The van der Waals surface area contributed by atoms with Gasteiger partial charge in [0.25, 0.3) is 0 Å². The number of nitrogens with one attached hydrogen (secondary N) is 1. The fourth-order valence-corrected chi connectivity index (χ4v) is 2.89. The van der Waals surface area contributed by atoms with Crippen LogP contribution in [-0.4, -0.2) is 5.71 Å². The highest BCUT2D eigenvalue weighted by Crippen LogP contribution is 2.30. The predicted molar refractivity (Wildman–Crippen MR) is 102 cm³/mol. The summed E-state index contributed by atoms with van der Waals surface area (Å²) < 4.78 is 0. The maximum Gasteiger partial charge on any atom is 0.0389 e. The molecule has 2 aromatic rings. The molecule has 0 radical (unpaired) electrons. The van der Waals surface area contributed by atoms with Crippen LogP contribution < -0.4 is 0 Å². The molecule has 0 heterocycles. The number of rotatable bonds is 5. The molecule has 0 unspecified atom stereocenters. The van der Waals surface area contributed by atoms with Crippen LogP contribution in [0, 0.1) is 33.1 Å².